The van der Waals surface area contributed by atoms with E-state index in [1.165, 1.54) is 60.8 Å². The number of amides is 2. The Morgan fingerprint density at radius 1 is 0.927 bits per heavy atom. The number of unbranched alkanes of at least 4 members (excludes halogenated alkanes) is 3. The van der Waals surface area contributed by atoms with Crippen molar-refractivity contribution < 1.29 is 44.0 Å². The van der Waals surface area contributed by atoms with Gasteiger partial charge in [-0.1, -0.05) is 12.8 Å². The van der Waals surface area contributed by atoms with Gasteiger partial charge in [-0.05, 0) is 66.9 Å². The van der Waals surface area contributed by atoms with Crippen molar-refractivity contribution in [1.82, 2.24) is 20.2 Å². The molecule has 2 aliphatic heterocycles. The molecular weight excluding hydrogens is 716 g/mol. The van der Waals surface area contributed by atoms with Gasteiger partial charge in [0.15, 0.2) is 5.43 Å². The Hall–Kier alpha value is -6.36. The lowest BCUT2D eigenvalue weighted by atomic mass is 9.89. The highest BCUT2D eigenvalue weighted by molar-refractivity contribution is 6.09. The first-order valence-electron chi connectivity index (χ1n) is 17.5. The lowest BCUT2D eigenvalue weighted by Crippen LogP contribution is -2.33. The third kappa shape index (κ3) is 8.73. The molecule has 0 spiro atoms. The van der Waals surface area contributed by atoms with Gasteiger partial charge in [-0.25, -0.2) is 9.59 Å². The molecule has 1 saturated heterocycles. The van der Waals surface area contributed by atoms with Gasteiger partial charge in [0.25, 0.3) is 11.5 Å². The molecule has 3 atom stereocenters. The van der Waals surface area contributed by atoms with Crippen LogP contribution in [0.1, 0.15) is 64.6 Å². The molecule has 16 nitrogen and oxygen atoms in total. The molecule has 7 N–H and O–H groups in total. The number of rotatable bonds is 14. The van der Waals surface area contributed by atoms with Crippen LogP contribution < -0.4 is 27.3 Å². The third-order valence-corrected chi connectivity index (χ3v) is 9.25. The number of aromatic amines is 1. The van der Waals surface area contributed by atoms with E-state index in [9.17, 15) is 49.2 Å². The van der Waals surface area contributed by atoms with E-state index < -0.39 is 54.1 Å². The molecule has 3 aromatic rings. The zero-order valence-corrected chi connectivity index (χ0v) is 29.3. The van der Waals surface area contributed by atoms with Crippen molar-refractivity contribution in [2.75, 3.05) is 19.7 Å². The number of H-pyrrole nitrogens is 1. The molecule has 3 aliphatic rings. The number of carbonyl (C=O) groups excluding carboxylic acids is 2. The first kappa shape index (κ1) is 38.4. The number of carboxylic acid groups (broad SMARTS) is 1. The molecule has 3 heterocycles. The summed E-state index contributed by atoms with van der Waals surface area (Å²) in [7, 11) is 0. The van der Waals surface area contributed by atoms with Crippen LogP contribution in [-0.4, -0.2) is 79.7 Å². The molecule has 1 fully saturated rings. The summed E-state index contributed by atoms with van der Waals surface area (Å²) in [5, 5.41) is 45.5. The summed E-state index contributed by atoms with van der Waals surface area (Å²) >= 11 is 0. The number of fused-ring (bicyclic) bond motifs is 2. The quantitative estimate of drug-likeness (QED) is 0.0491. The average molecular weight is 755 g/mol. The van der Waals surface area contributed by atoms with Crippen LogP contribution in [0.25, 0.3) is 39.5 Å². The number of aromatic hydroxyl groups is 1. The minimum absolute atomic E-state index is 0.0226. The van der Waals surface area contributed by atoms with Crippen LogP contribution in [-0.2, 0) is 9.53 Å². The molecule has 2 aromatic carbocycles. The summed E-state index contributed by atoms with van der Waals surface area (Å²) in [5.41, 5.74) is -0.253. The standard InChI is InChI=1S/C39H38N4O12/c44-20-32-29(47)18-34(55-32)43-19-22(37(50)42-39(43)53)6-12-33(48)40-13-3-1-2-4-14-41-36(49)21-5-9-25(38(51)52)28(15-21)35-26-10-7-23(45)16-30(26)54-31-17-24(46)8-11-27(31)35/h5-12,15-17,19,29,32,34,44-45,47H,1-4,13-14,18,20H2,(H,40,48)(H,41,49)(H,51,52)(H,42,50,53)/t29-,32-,34-/m1/s1. The maximum Gasteiger partial charge on any atom is 0.336 e. The largest absolute Gasteiger partial charge is 0.508 e. The van der Waals surface area contributed by atoms with Crippen LogP contribution in [0.2, 0.25) is 0 Å². The van der Waals surface area contributed by atoms with Crippen molar-refractivity contribution in [3.63, 3.8) is 0 Å². The number of phenols is 1. The number of aromatic nitrogens is 2. The van der Waals surface area contributed by atoms with Crippen LogP contribution in [0.3, 0.4) is 0 Å². The number of aliphatic hydroxyl groups excluding tert-OH is 2. The van der Waals surface area contributed by atoms with Crippen molar-refractivity contribution >= 4 is 34.8 Å². The molecule has 16 heteroatoms. The predicted molar refractivity (Wildman–Crippen MR) is 199 cm³/mol. The van der Waals surface area contributed by atoms with E-state index in [1.807, 2.05) is 0 Å². The number of nitrogens with one attached hydrogen (secondary N) is 3. The van der Waals surface area contributed by atoms with Gasteiger partial charge in [0.2, 0.25) is 5.91 Å². The lowest BCUT2D eigenvalue weighted by Gasteiger charge is -2.17. The number of ether oxygens (including phenoxy) is 1. The van der Waals surface area contributed by atoms with Gasteiger partial charge < -0.3 is 40.2 Å². The van der Waals surface area contributed by atoms with Gasteiger partial charge in [-0.15, -0.1) is 0 Å². The maximum absolute atomic E-state index is 13.2. The second-order valence-electron chi connectivity index (χ2n) is 13.0. The average Bonchev–Trinajstić information content (AvgIpc) is 3.53. The van der Waals surface area contributed by atoms with Gasteiger partial charge in [0, 0.05) is 66.0 Å². The highest BCUT2D eigenvalue weighted by Crippen LogP contribution is 2.42. The number of aliphatic hydroxyl groups is 2. The number of hydrogen-bond donors (Lipinski definition) is 7. The fraction of sp³-hybridized carbons (Fsp3) is 0.282. The SMILES string of the molecule is O=C(C=Cc1cn([C@H]2C[C@@H](O)[C@@H](CO)O2)c(=O)[nH]c1=O)NCCCCCCNC(=O)c1ccc(C(=O)O)c(-c2c3ccc(=O)cc-3oc3cc(O)ccc23)c1. The number of hydrogen-bond acceptors (Lipinski definition) is 11. The Kier molecular flexibility index (Phi) is 11.7. The number of benzene rings is 3. The summed E-state index contributed by atoms with van der Waals surface area (Å²) < 4.78 is 12.5. The van der Waals surface area contributed by atoms with Crippen LogP contribution >= 0.6 is 0 Å². The Morgan fingerprint density at radius 2 is 1.69 bits per heavy atom. The number of aromatic carboxylic acids is 1. The van der Waals surface area contributed by atoms with E-state index in [2.05, 4.69) is 15.6 Å². The molecule has 1 aromatic heterocycles. The summed E-state index contributed by atoms with van der Waals surface area (Å²) in [6.07, 6.45) is 3.71. The number of nitrogens with zero attached hydrogens (tertiary/aromatic N) is 1. The van der Waals surface area contributed by atoms with Crippen molar-refractivity contribution in [1.29, 1.82) is 0 Å². The van der Waals surface area contributed by atoms with Gasteiger partial charge in [0.05, 0.1) is 23.8 Å². The normalized spacial score (nSPS) is 16.9. The second-order valence-corrected chi connectivity index (χ2v) is 13.0. The molecule has 0 saturated carbocycles. The van der Waals surface area contributed by atoms with Crippen molar-refractivity contribution in [2.24, 2.45) is 0 Å². The molecule has 0 unspecified atom stereocenters. The Balaban J connectivity index is 1.01. The van der Waals surface area contributed by atoms with E-state index in [1.54, 1.807) is 6.07 Å². The first-order valence-corrected chi connectivity index (χ1v) is 17.5. The maximum atomic E-state index is 13.2. The first-order chi connectivity index (χ1) is 26.4. The summed E-state index contributed by atoms with van der Waals surface area (Å²) in [5.74, 6) is -1.98. The van der Waals surface area contributed by atoms with E-state index >= 15 is 0 Å². The zero-order valence-electron chi connectivity index (χ0n) is 29.3. The van der Waals surface area contributed by atoms with Crippen LogP contribution in [0.4, 0.5) is 0 Å². The molecule has 55 heavy (non-hydrogen) atoms. The topological polar surface area (TPSA) is 250 Å². The molecular formula is C39H38N4O12. The number of carbonyl (C=O) groups is 3. The Bertz CT molecular complexity index is 2430. The van der Waals surface area contributed by atoms with Gasteiger partial charge in [0.1, 0.15) is 29.4 Å². The van der Waals surface area contributed by atoms with Gasteiger partial charge in [-0.3, -0.25) is 28.7 Å². The lowest BCUT2D eigenvalue weighted by molar-refractivity contribution is -0.116. The van der Waals surface area contributed by atoms with E-state index in [0.29, 0.717) is 42.4 Å². The van der Waals surface area contributed by atoms with Crippen molar-refractivity contribution in [3.8, 4) is 28.2 Å². The minimum atomic E-state index is -1.22. The van der Waals surface area contributed by atoms with Crippen LogP contribution in [0.5, 0.6) is 5.75 Å². The Morgan fingerprint density at radius 3 is 2.42 bits per heavy atom. The van der Waals surface area contributed by atoms with E-state index in [4.69, 9.17) is 9.15 Å². The molecule has 0 bridgehead atoms. The summed E-state index contributed by atoms with van der Waals surface area (Å²) in [6, 6.07) is 12.8. The predicted octanol–water partition coefficient (Wildman–Crippen LogP) is 2.58. The second kappa shape index (κ2) is 16.8. The Labute approximate surface area is 311 Å². The molecule has 2 amide bonds. The fourth-order valence-electron chi connectivity index (χ4n) is 6.46. The number of carboxylic acids is 1. The molecule has 286 valence electrons. The highest BCUT2D eigenvalue weighted by atomic mass is 16.5. The third-order valence-electron chi connectivity index (χ3n) is 9.25. The minimum Gasteiger partial charge on any atom is -0.508 e. The number of phenolic OH excluding ortho intramolecular Hbond substituents is 1. The summed E-state index contributed by atoms with van der Waals surface area (Å²) in [6.45, 7) is 0.262. The highest BCUT2D eigenvalue weighted by Gasteiger charge is 2.35. The molecule has 1 aliphatic carbocycles. The van der Waals surface area contributed by atoms with Crippen LogP contribution in [0.15, 0.2) is 85.7 Å². The zero-order chi connectivity index (χ0) is 39.2. The van der Waals surface area contributed by atoms with E-state index in [0.717, 1.165) is 23.5 Å². The monoisotopic (exact) mass is 754 g/mol. The summed E-state index contributed by atoms with van der Waals surface area (Å²) in [4.78, 5) is 76.7. The molecule has 0 radical (unpaired) electrons. The molecule has 6 rings (SSSR count). The van der Waals surface area contributed by atoms with Crippen LogP contribution in [0, 0.1) is 0 Å². The van der Waals surface area contributed by atoms with Crippen molar-refractivity contribution in [2.45, 2.75) is 50.5 Å². The van der Waals surface area contributed by atoms with Gasteiger partial charge in [-0.2, -0.15) is 0 Å². The van der Waals surface area contributed by atoms with E-state index in [-0.39, 0.29) is 51.2 Å². The van der Waals surface area contributed by atoms with Gasteiger partial charge >= 0.3 is 11.7 Å². The fourth-order valence-corrected chi connectivity index (χ4v) is 6.46. The smallest absolute Gasteiger partial charge is 0.336 e. The van der Waals surface area contributed by atoms with Crippen molar-refractivity contribution in [3.05, 3.63) is 115 Å².